The van der Waals surface area contributed by atoms with Gasteiger partial charge in [-0.05, 0) is 41.8 Å². The molecular formula is C14H14ClFN2O. The van der Waals surface area contributed by atoms with Crippen molar-refractivity contribution in [2.24, 2.45) is 5.73 Å². The third-order valence-corrected chi connectivity index (χ3v) is 3.07. The maximum atomic E-state index is 13.1. The first-order valence-electron chi connectivity index (χ1n) is 5.78. The summed E-state index contributed by atoms with van der Waals surface area (Å²) < 4.78 is 18.4. The van der Waals surface area contributed by atoms with Crippen LogP contribution in [0, 0.1) is 5.82 Å². The van der Waals surface area contributed by atoms with Crippen LogP contribution in [0.5, 0.6) is 5.75 Å². The second-order valence-corrected chi connectivity index (χ2v) is 4.64. The fourth-order valence-corrected chi connectivity index (χ4v) is 2.09. The number of pyridine rings is 1. The van der Waals surface area contributed by atoms with Gasteiger partial charge in [-0.25, -0.2) is 4.39 Å². The fourth-order valence-electron chi connectivity index (χ4n) is 1.89. The van der Waals surface area contributed by atoms with Gasteiger partial charge in [-0.2, -0.15) is 0 Å². The van der Waals surface area contributed by atoms with Gasteiger partial charge in [0.05, 0.1) is 13.3 Å². The molecule has 1 heterocycles. The molecule has 0 spiro atoms. The van der Waals surface area contributed by atoms with Crippen LogP contribution in [0.25, 0.3) is 0 Å². The van der Waals surface area contributed by atoms with Crippen molar-refractivity contribution in [3.05, 3.63) is 58.6 Å². The van der Waals surface area contributed by atoms with E-state index < -0.39 is 5.82 Å². The van der Waals surface area contributed by atoms with E-state index >= 15 is 0 Å². The molecule has 1 aromatic heterocycles. The van der Waals surface area contributed by atoms with Crippen LogP contribution >= 0.6 is 11.6 Å². The molecule has 0 bridgehead atoms. The maximum Gasteiger partial charge on any atom is 0.141 e. The molecule has 0 aliphatic rings. The molecule has 2 aromatic rings. The minimum atomic E-state index is -0.397. The third kappa shape index (κ3) is 3.43. The van der Waals surface area contributed by atoms with Crippen LogP contribution in [-0.2, 0) is 6.42 Å². The molecule has 2 rings (SSSR count). The molecule has 0 aliphatic carbocycles. The highest BCUT2D eigenvalue weighted by Crippen LogP contribution is 2.26. The first-order valence-corrected chi connectivity index (χ1v) is 6.16. The topological polar surface area (TPSA) is 48.1 Å². The van der Waals surface area contributed by atoms with Crippen LogP contribution in [0.4, 0.5) is 4.39 Å². The van der Waals surface area contributed by atoms with E-state index in [9.17, 15) is 4.39 Å². The number of hydrogen-bond acceptors (Lipinski definition) is 3. The van der Waals surface area contributed by atoms with Crippen molar-refractivity contribution in [2.45, 2.75) is 12.5 Å². The molecular weight excluding hydrogens is 267 g/mol. The zero-order valence-electron chi connectivity index (χ0n) is 10.4. The molecule has 3 nitrogen and oxygen atoms in total. The Labute approximate surface area is 116 Å². The largest absolute Gasteiger partial charge is 0.496 e. The standard InChI is InChI=1S/C14H14ClFN2O/c1-19-14-3-2-11(15)4-9(14)6-13(17)10-5-12(16)8-18-7-10/h2-5,7-8,13H,6,17H2,1H3. The van der Waals surface area contributed by atoms with E-state index in [4.69, 9.17) is 22.1 Å². The number of hydrogen-bond donors (Lipinski definition) is 1. The predicted octanol–water partition coefficient (Wildman–Crippen LogP) is 3.13. The number of ether oxygens (including phenoxy) is 1. The Balaban J connectivity index is 2.23. The van der Waals surface area contributed by atoms with E-state index in [1.165, 1.54) is 6.07 Å². The fraction of sp³-hybridized carbons (Fsp3) is 0.214. The van der Waals surface area contributed by atoms with Gasteiger partial charge in [0.15, 0.2) is 0 Å². The zero-order valence-corrected chi connectivity index (χ0v) is 11.2. The SMILES string of the molecule is COc1ccc(Cl)cc1CC(N)c1cncc(F)c1. The first-order chi connectivity index (χ1) is 9.10. The van der Waals surface area contributed by atoms with Gasteiger partial charge in [-0.15, -0.1) is 0 Å². The van der Waals surface area contributed by atoms with Crippen molar-refractivity contribution in [3.63, 3.8) is 0 Å². The predicted molar refractivity (Wildman–Crippen MR) is 72.8 cm³/mol. The van der Waals surface area contributed by atoms with Gasteiger partial charge in [-0.3, -0.25) is 4.98 Å². The van der Waals surface area contributed by atoms with Crippen molar-refractivity contribution in [3.8, 4) is 5.75 Å². The van der Waals surface area contributed by atoms with Gasteiger partial charge >= 0.3 is 0 Å². The van der Waals surface area contributed by atoms with E-state index in [1.807, 2.05) is 0 Å². The van der Waals surface area contributed by atoms with Crippen LogP contribution in [-0.4, -0.2) is 12.1 Å². The summed E-state index contributed by atoms with van der Waals surface area (Å²) in [6, 6.07) is 6.35. The highest BCUT2D eigenvalue weighted by molar-refractivity contribution is 6.30. The lowest BCUT2D eigenvalue weighted by Crippen LogP contribution is -2.14. The van der Waals surface area contributed by atoms with E-state index in [0.29, 0.717) is 22.8 Å². The lowest BCUT2D eigenvalue weighted by atomic mass is 10.0. The molecule has 1 unspecified atom stereocenters. The van der Waals surface area contributed by atoms with Crippen molar-refractivity contribution < 1.29 is 9.13 Å². The summed E-state index contributed by atoms with van der Waals surface area (Å²) in [7, 11) is 1.59. The number of methoxy groups -OCH3 is 1. The monoisotopic (exact) mass is 280 g/mol. The van der Waals surface area contributed by atoms with Gasteiger partial charge in [-0.1, -0.05) is 11.6 Å². The van der Waals surface area contributed by atoms with E-state index in [1.54, 1.807) is 31.5 Å². The van der Waals surface area contributed by atoms with Gasteiger partial charge < -0.3 is 10.5 Å². The number of aromatic nitrogens is 1. The minimum Gasteiger partial charge on any atom is -0.496 e. The van der Waals surface area contributed by atoms with Crippen molar-refractivity contribution in [1.82, 2.24) is 4.98 Å². The molecule has 0 amide bonds. The third-order valence-electron chi connectivity index (χ3n) is 2.84. The number of nitrogens with zero attached hydrogens (tertiary/aromatic N) is 1. The number of halogens is 2. The molecule has 0 saturated carbocycles. The van der Waals surface area contributed by atoms with Crippen molar-refractivity contribution in [1.29, 1.82) is 0 Å². The molecule has 100 valence electrons. The van der Waals surface area contributed by atoms with Crippen molar-refractivity contribution >= 4 is 11.6 Å². The van der Waals surface area contributed by atoms with Gasteiger partial charge in [0.1, 0.15) is 11.6 Å². The quantitative estimate of drug-likeness (QED) is 0.936. The molecule has 2 N–H and O–H groups in total. The molecule has 19 heavy (non-hydrogen) atoms. The average molecular weight is 281 g/mol. The summed E-state index contributed by atoms with van der Waals surface area (Å²) in [4.78, 5) is 3.79. The average Bonchev–Trinajstić information content (AvgIpc) is 2.39. The summed E-state index contributed by atoms with van der Waals surface area (Å²) in [6.45, 7) is 0. The molecule has 5 heteroatoms. The number of nitrogens with two attached hydrogens (primary N) is 1. The molecule has 1 aromatic carbocycles. The summed E-state index contributed by atoms with van der Waals surface area (Å²) in [6.07, 6.45) is 3.20. The lowest BCUT2D eigenvalue weighted by molar-refractivity contribution is 0.408. The maximum absolute atomic E-state index is 13.1. The Kier molecular flexibility index (Phi) is 4.35. The van der Waals surface area contributed by atoms with Crippen molar-refractivity contribution in [2.75, 3.05) is 7.11 Å². The molecule has 0 radical (unpaired) electrons. The lowest BCUT2D eigenvalue weighted by Gasteiger charge is -2.14. The van der Waals surface area contributed by atoms with E-state index in [-0.39, 0.29) is 6.04 Å². The molecule has 0 fully saturated rings. The second kappa shape index (κ2) is 5.99. The van der Waals surface area contributed by atoms with Crippen LogP contribution in [0.1, 0.15) is 17.2 Å². The van der Waals surface area contributed by atoms with E-state index in [0.717, 1.165) is 11.8 Å². The minimum absolute atomic E-state index is 0.365. The van der Waals surface area contributed by atoms with Gasteiger partial charge in [0.25, 0.3) is 0 Å². The Hall–Kier alpha value is -1.65. The summed E-state index contributed by atoms with van der Waals surface area (Å²) in [5.41, 5.74) is 7.59. The normalized spacial score (nSPS) is 12.2. The van der Waals surface area contributed by atoms with Gasteiger partial charge in [0, 0.05) is 17.3 Å². The molecule has 0 saturated heterocycles. The first kappa shape index (κ1) is 13.8. The van der Waals surface area contributed by atoms with Crippen LogP contribution < -0.4 is 10.5 Å². The molecule has 1 atom stereocenters. The Bertz CT molecular complexity index is 577. The highest BCUT2D eigenvalue weighted by Gasteiger charge is 2.12. The summed E-state index contributed by atoms with van der Waals surface area (Å²) in [5, 5.41) is 0.611. The summed E-state index contributed by atoms with van der Waals surface area (Å²) >= 11 is 5.96. The Morgan fingerprint density at radius 1 is 1.37 bits per heavy atom. The van der Waals surface area contributed by atoms with Crippen LogP contribution in [0.15, 0.2) is 36.7 Å². The smallest absolute Gasteiger partial charge is 0.141 e. The van der Waals surface area contributed by atoms with Gasteiger partial charge in [0.2, 0.25) is 0 Å². The Morgan fingerprint density at radius 3 is 2.84 bits per heavy atom. The van der Waals surface area contributed by atoms with Crippen LogP contribution in [0.2, 0.25) is 5.02 Å². The number of benzene rings is 1. The second-order valence-electron chi connectivity index (χ2n) is 4.20. The Morgan fingerprint density at radius 2 is 2.16 bits per heavy atom. The van der Waals surface area contributed by atoms with Crippen LogP contribution in [0.3, 0.4) is 0 Å². The zero-order chi connectivity index (χ0) is 13.8. The van der Waals surface area contributed by atoms with E-state index in [2.05, 4.69) is 4.98 Å². The summed E-state index contributed by atoms with van der Waals surface area (Å²) in [5.74, 6) is 0.315. The number of rotatable bonds is 4. The molecule has 0 aliphatic heterocycles. The highest BCUT2D eigenvalue weighted by atomic mass is 35.5.